The number of rotatable bonds is 5. The highest BCUT2D eigenvalue weighted by molar-refractivity contribution is 8.01. The average molecular weight is 199 g/mol. The van der Waals surface area contributed by atoms with Gasteiger partial charge in [0.25, 0.3) is 0 Å². The summed E-state index contributed by atoms with van der Waals surface area (Å²) in [5, 5.41) is 4.37. The predicted octanol–water partition coefficient (Wildman–Crippen LogP) is 0.959. The molecule has 1 N–H and O–H groups in total. The number of nitrogens with zero attached hydrogens (tertiary/aromatic N) is 1. The van der Waals surface area contributed by atoms with Crippen molar-refractivity contribution in [2.45, 2.75) is 5.25 Å². The molecule has 0 aliphatic carbocycles. The fourth-order valence-corrected chi connectivity index (χ4v) is 1.25. The summed E-state index contributed by atoms with van der Waals surface area (Å²) in [5.41, 5.74) is 0. The van der Waals surface area contributed by atoms with E-state index in [9.17, 15) is 13.6 Å². The van der Waals surface area contributed by atoms with E-state index >= 15 is 0 Å². The topological polar surface area (TPSA) is 40.5 Å². The third kappa shape index (κ3) is 4.50. The lowest BCUT2D eigenvalue weighted by molar-refractivity contribution is -0.152. The summed E-state index contributed by atoms with van der Waals surface area (Å²) in [4.78, 5) is 11.6. The Labute approximate surface area is 73.7 Å². The van der Waals surface area contributed by atoms with E-state index in [-0.39, 0.29) is 17.5 Å². The van der Waals surface area contributed by atoms with Gasteiger partial charge < -0.3 is 10.0 Å². The first-order valence-corrected chi connectivity index (χ1v) is 4.24. The van der Waals surface area contributed by atoms with Crippen molar-refractivity contribution in [2.75, 3.05) is 26.4 Å². The maximum absolute atomic E-state index is 12.3. The molecule has 0 aromatic carbocycles. The molecule has 0 saturated carbocycles. The third-order valence-electron chi connectivity index (χ3n) is 1.07. The van der Waals surface area contributed by atoms with Crippen molar-refractivity contribution in [1.29, 1.82) is 0 Å². The van der Waals surface area contributed by atoms with Crippen molar-refractivity contribution in [3.63, 3.8) is 0 Å². The van der Waals surface area contributed by atoms with Gasteiger partial charge in [0, 0.05) is 12.3 Å². The lowest BCUT2D eigenvalue weighted by atomic mass is 10.7. The zero-order chi connectivity index (χ0) is 9.78. The number of hydrogen-bond donors (Lipinski definition) is 1. The van der Waals surface area contributed by atoms with E-state index in [1.807, 2.05) is 0 Å². The van der Waals surface area contributed by atoms with E-state index in [1.165, 1.54) is 0 Å². The van der Waals surface area contributed by atoms with Crippen LogP contribution in [0.25, 0.3) is 0 Å². The number of alkyl halides is 2. The quantitative estimate of drug-likeness (QED) is 0.716. The summed E-state index contributed by atoms with van der Waals surface area (Å²) < 4.78 is 24.7. The van der Waals surface area contributed by atoms with Gasteiger partial charge in [0.1, 0.15) is 0 Å². The molecular formula is C6H11F2NO2S. The van der Waals surface area contributed by atoms with Crippen LogP contribution in [-0.2, 0) is 4.79 Å². The highest BCUT2D eigenvalue weighted by Crippen LogP contribution is 2.28. The summed E-state index contributed by atoms with van der Waals surface area (Å²) >= 11 is 0.141. The predicted molar refractivity (Wildman–Crippen MR) is 43.6 cm³/mol. The second-order valence-electron chi connectivity index (χ2n) is 2.47. The largest absolute Gasteiger partial charge is 0.476 e. The lowest BCUT2D eigenvalue weighted by Gasteiger charge is -2.12. The van der Waals surface area contributed by atoms with Crippen molar-refractivity contribution >= 4 is 17.7 Å². The number of carboxylic acid groups (broad SMARTS) is 1. The Bertz CT molecular complexity index is 164. The average Bonchev–Trinajstić information content (AvgIpc) is 1.85. The van der Waals surface area contributed by atoms with Crippen molar-refractivity contribution in [3.05, 3.63) is 0 Å². The van der Waals surface area contributed by atoms with E-state index in [2.05, 4.69) is 0 Å². The normalized spacial score (nSPS) is 12.1. The fraction of sp³-hybridized carbons (Fsp3) is 0.833. The van der Waals surface area contributed by atoms with Gasteiger partial charge in [-0.3, -0.25) is 0 Å². The zero-order valence-electron chi connectivity index (χ0n) is 6.88. The van der Waals surface area contributed by atoms with Crippen LogP contribution in [0.1, 0.15) is 0 Å². The van der Waals surface area contributed by atoms with Crippen LogP contribution in [0.2, 0.25) is 0 Å². The molecule has 0 aliphatic rings. The highest BCUT2D eigenvalue weighted by Gasteiger charge is 2.38. The maximum atomic E-state index is 12.3. The smallest absolute Gasteiger partial charge is 0.388 e. The molecule has 0 spiro atoms. The standard InChI is InChI=1S/C6H11F2NO2S/c1-9(2)3-4-12-6(7,8)5(10)11/h3-4H2,1-2H3,(H,10,11). The molecule has 0 aromatic heterocycles. The van der Waals surface area contributed by atoms with Gasteiger partial charge in [0.15, 0.2) is 0 Å². The monoisotopic (exact) mass is 199 g/mol. The zero-order valence-corrected chi connectivity index (χ0v) is 7.70. The first-order valence-electron chi connectivity index (χ1n) is 3.26. The Morgan fingerprint density at radius 2 is 2.08 bits per heavy atom. The van der Waals surface area contributed by atoms with E-state index < -0.39 is 11.2 Å². The maximum Gasteiger partial charge on any atom is 0.388 e. The van der Waals surface area contributed by atoms with Gasteiger partial charge in [-0.05, 0) is 14.1 Å². The van der Waals surface area contributed by atoms with Crippen molar-refractivity contribution in [2.24, 2.45) is 0 Å². The van der Waals surface area contributed by atoms with E-state index in [0.29, 0.717) is 6.54 Å². The fourth-order valence-electron chi connectivity index (χ4n) is 0.418. The molecule has 0 atom stereocenters. The molecule has 0 bridgehead atoms. The second-order valence-corrected chi connectivity index (χ2v) is 3.68. The molecule has 0 saturated heterocycles. The summed E-state index contributed by atoms with van der Waals surface area (Å²) in [6.07, 6.45) is 0. The van der Waals surface area contributed by atoms with E-state index in [1.54, 1.807) is 19.0 Å². The van der Waals surface area contributed by atoms with Gasteiger partial charge in [-0.25, -0.2) is 4.79 Å². The van der Waals surface area contributed by atoms with Crippen LogP contribution in [0.15, 0.2) is 0 Å². The van der Waals surface area contributed by atoms with Gasteiger partial charge in [0.05, 0.1) is 0 Å². The van der Waals surface area contributed by atoms with Crippen LogP contribution in [-0.4, -0.2) is 47.6 Å². The molecule has 0 amide bonds. The van der Waals surface area contributed by atoms with Crippen LogP contribution >= 0.6 is 11.8 Å². The van der Waals surface area contributed by atoms with Gasteiger partial charge in [-0.1, -0.05) is 11.8 Å². The van der Waals surface area contributed by atoms with Crippen molar-refractivity contribution < 1.29 is 18.7 Å². The van der Waals surface area contributed by atoms with Crippen LogP contribution in [0.5, 0.6) is 0 Å². The van der Waals surface area contributed by atoms with Gasteiger partial charge in [0.2, 0.25) is 0 Å². The van der Waals surface area contributed by atoms with Crippen molar-refractivity contribution in [3.8, 4) is 0 Å². The molecule has 0 radical (unpaired) electrons. The molecule has 6 heteroatoms. The summed E-state index contributed by atoms with van der Waals surface area (Å²) in [6.45, 7) is 0.438. The minimum Gasteiger partial charge on any atom is -0.476 e. The Hall–Kier alpha value is -0.360. The third-order valence-corrected chi connectivity index (χ3v) is 1.99. The summed E-state index contributed by atoms with van der Waals surface area (Å²) in [7, 11) is 3.47. The Kier molecular flexibility index (Phi) is 4.47. The molecule has 0 heterocycles. The van der Waals surface area contributed by atoms with Crippen LogP contribution < -0.4 is 0 Å². The summed E-state index contributed by atoms with van der Waals surface area (Å²) in [5.74, 6) is -1.97. The van der Waals surface area contributed by atoms with Crippen LogP contribution in [0.3, 0.4) is 0 Å². The van der Waals surface area contributed by atoms with E-state index in [4.69, 9.17) is 5.11 Å². The number of thioether (sulfide) groups is 1. The number of carbonyl (C=O) groups is 1. The lowest BCUT2D eigenvalue weighted by Crippen LogP contribution is -2.26. The number of carboxylic acids is 1. The van der Waals surface area contributed by atoms with Gasteiger partial charge in [-0.15, -0.1) is 0 Å². The number of halogens is 2. The molecule has 0 rings (SSSR count). The molecule has 0 aliphatic heterocycles. The van der Waals surface area contributed by atoms with E-state index in [0.717, 1.165) is 0 Å². The Morgan fingerprint density at radius 3 is 2.42 bits per heavy atom. The molecule has 72 valence electrons. The number of hydrogen-bond acceptors (Lipinski definition) is 3. The van der Waals surface area contributed by atoms with Gasteiger partial charge in [-0.2, -0.15) is 8.78 Å². The SMILES string of the molecule is CN(C)CCSC(F)(F)C(=O)O. The Morgan fingerprint density at radius 1 is 1.58 bits per heavy atom. The Balaban J connectivity index is 3.69. The first-order chi connectivity index (χ1) is 5.36. The van der Waals surface area contributed by atoms with Gasteiger partial charge >= 0.3 is 11.2 Å². The second kappa shape index (κ2) is 4.61. The summed E-state index contributed by atoms with van der Waals surface area (Å²) in [6, 6.07) is 0. The molecule has 3 nitrogen and oxygen atoms in total. The molecule has 0 aromatic rings. The molecule has 12 heavy (non-hydrogen) atoms. The van der Waals surface area contributed by atoms with Crippen molar-refractivity contribution in [1.82, 2.24) is 4.90 Å². The molecular weight excluding hydrogens is 188 g/mol. The minimum absolute atomic E-state index is 0.103. The van der Waals surface area contributed by atoms with Crippen LogP contribution in [0, 0.1) is 0 Å². The first kappa shape index (κ1) is 11.6. The number of aliphatic carboxylic acids is 1. The molecule has 0 fully saturated rings. The van der Waals surface area contributed by atoms with Crippen LogP contribution in [0.4, 0.5) is 8.78 Å². The molecule has 0 unspecified atom stereocenters. The minimum atomic E-state index is -3.66. The highest BCUT2D eigenvalue weighted by atomic mass is 32.2.